The zero-order chi connectivity index (χ0) is 23.0. The first-order valence-electron chi connectivity index (χ1n) is 9.89. The summed E-state index contributed by atoms with van der Waals surface area (Å²) in [4.78, 5) is 28.6. The molecule has 0 aliphatic carbocycles. The average molecular weight is 451 g/mol. The van der Waals surface area contributed by atoms with Crippen LogP contribution in [0.15, 0.2) is 58.9 Å². The number of non-ortho nitro benzene ring substituents is 1. The predicted octanol–water partition coefficient (Wildman–Crippen LogP) is 4.45. The molecule has 2 heterocycles. The van der Waals surface area contributed by atoms with Gasteiger partial charge in [0.25, 0.3) is 11.6 Å². The molecule has 1 aromatic heterocycles. The van der Waals surface area contributed by atoms with E-state index < -0.39 is 11.0 Å². The summed E-state index contributed by atoms with van der Waals surface area (Å²) in [6.07, 6.45) is 1.87. The molecule has 32 heavy (non-hydrogen) atoms. The number of thioether (sulfide) groups is 1. The van der Waals surface area contributed by atoms with Gasteiger partial charge in [-0.2, -0.15) is 4.98 Å². The molecule has 0 saturated heterocycles. The van der Waals surface area contributed by atoms with Gasteiger partial charge in [-0.25, -0.2) is 4.68 Å². The molecule has 3 aromatic rings. The van der Waals surface area contributed by atoms with E-state index >= 15 is 0 Å². The highest BCUT2D eigenvalue weighted by atomic mass is 32.2. The van der Waals surface area contributed by atoms with Crippen molar-refractivity contribution in [2.75, 3.05) is 16.9 Å². The highest BCUT2D eigenvalue weighted by molar-refractivity contribution is 7.98. The molecule has 1 aliphatic heterocycles. The van der Waals surface area contributed by atoms with E-state index in [4.69, 9.17) is 0 Å². The zero-order valence-corrected chi connectivity index (χ0v) is 18.9. The van der Waals surface area contributed by atoms with Crippen LogP contribution in [0.4, 0.5) is 17.3 Å². The molecular weight excluding hydrogens is 428 g/mol. The fourth-order valence-electron chi connectivity index (χ4n) is 3.74. The standard InChI is InChI=1S/C22H22N6O3S/c1-12-5-10-17(13(2)11-12)24-20(29)18-14(3)23-21-25-22(32-4)26-27(21)19(18)15-6-8-16(9-7-15)28(30)31/h5-11,19H,1-4H3,(H,24,29)(H,23,25,26)/t19-/m0/s1. The smallest absolute Gasteiger partial charge is 0.269 e. The Hall–Kier alpha value is -3.66. The minimum Gasteiger partial charge on any atom is -0.328 e. The van der Waals surface area contributed by atoms with E-state index in [1.54, 1.807) is 16.8 Å². The van der Waals surface area contributed by atoms with Crippen LogP contribution in [0.3, 0.4) is 0 Å². The number of fused-ring (bicyclic) bond motifs is 1. The van der Waals surface area contributed by atoms with Crippen molar-refractivity contribution < 1.29 is 9.72 Å². The summed E-state index contributed by atoms with van der Waals surface area (Å²) in [5.41, 5.74) is 4.56. The Morgan fingerprint density at radius 2 is 1.91 bits per heavy atom. The lowest BCUT2D eigenvalue weighted by Crippen LogP contribution is -2.31. The van der Waals surface area contributed by atoms with Gasteiger partial charge in [0.15, 0.2) is 0 Å². The Kier molecular flexibility index (Phi) is 5.70. The third-order valence-electron chi connectivity index (χ3n) is 5.31. The molecule has 1 amide bonds. The molecule has 4 rings (SSSR count). The highest BCUT2D eigenvalue weighted by Crippen LogP contribution is 2.37. The number of allylic oxidation sites excluding steroid dienone is 1. The van der Waals surface area contributed by atoms with Gasteiger partial charge in [0.1, 0.15) is 6.04 Å². The van der Waals surface area contributed by atoms with Gasteiger partial charge in [-0.1, -0.05) is 29.5 Å². The summed E-state index contributed by atoms with van der Waals surface area (Å²) in [6, 6.07) is 11.4. The van der Waals surface area contributed by atoms with Crippen molar-refractivity contribution in [2.45, 2.75) is 32.0 Å². The molecule has 0 saturated carbocycles. The molecule has 1 aliphatic rings. The van der Waals surface area contributed by atoms with Crippen molar-refractivity contribution in [3.05, 3.63) is 80.5 Å². The van der Waals surface area contributed by atoms with E-state index in [0.717, 1.165) is 16.8 Å². The summed E-state index contributed by atoms with van der Waals surface area (Å²) in [5, 5.41) is 22.4. The van der Waals surface area contributed by atoms with E-state index in [0.29, 0.717) is 27.9 Å². The third kappa shape index (κ3) is 3.96. The van der Waals surface area contributed by atoms with Gasteiger partial charge in [-0.15, -0.1) is 5.10 Å². The number of aromatic nitrogens is 3. The molecule has 0 spiro atoms. The van der Waals surface area contributed by atoms with Gasteiger partial charge in [0.05, 0.1) is 10.5 Å². The van der Waals surface area contributed by atoms with Gasteiger partial charge in [-0.05, 0) is 56.4 Å². The molecule has 0 bridgehead atoms. The van der Waals surface area contributed by atoms with Crippen LogP contribution in [0.2, 0.25) is 0 Å². The van der Waals surface area contributed by atoms with Gasteiger partial charge < -0.3 is 10.6 Å². The van der Waals surface area contributed by atoms with Gasteiger partial charge >= 0.3 is 0 Å². The van der Waals surface area contributed by atoms with Crippen LogP contribution < -0.4 is 10.6 Å². The number of anilines is 2. The van der Waals surface area contributed by atoms with Crippen molar-refractivity contribution in [2.24, 2.45) is 0 Å². The zero-order valence-electron chi connectivity index (χ0n) is 18.0. The maximum absolute atomic E-state index is 13.5. The monoisotopic (exact) mass is 450 g/mol. The maximum Gasteiger partial charge on any atom is 0.269 e. The maximum atomic E-state index is 13.5. The first-order valence-corrected chi connectivity index (χ1v) is 11.1. The SMILES string of the molecule is CSc1nc2n(n1)[C@@H](c1ccc([N+](=O)[O-])cc1)C(C(=O)Nc1ccc(C)cc1C)=C(C)N2. The summed E-state index contributed by atoms with van der Waals surface area (Å²) < 4.78 is 1.65. The van der Waals surface area contributed by atoms with Gasteiger partial charge in [-0.3, -0.25) is 14.9 Å². The van der Waals surface area contributed by atoms with Crippen molar-refractivity contribution in [3.8, 4) is 0 Å². The number of amides is 1. The van der Waals surface area contributed by atoms with Crippen molar-refractivity contribution >= 4 is 35.0 Å². The first-order chi connectivity index (χ1) is 15.3. The van der Waals surface area contributed by atoms with Crippen LogP contribution in [-0.2, 0) is 4.79 Å². The predicted molar refractivity (Wildman–Crippen MR) is 124 cm³/mol. The second kappa shape index (κ2) is 8.46. The molecule has 0 radical (unpaired) electrons. The number of nitro groups is 1. The van der Waals surface area contributed by atoms with Gasteiger partial charge in [0, 0.05) is 23.5 Å². The number of carbonyl (C=O) groups excluding carboxylic acids is 1. The number of nitro benzene ring substituents is 1. The van der Waals surface area contributed by atoms with Crippen LogP contribution in [0.1, 0.15) is 29.7 Å². The topological polar surface area (TPSA) is 115 Å². The van der Waals surface area contributed by atoms with Crippen molar-refractivity contribution in [3.63, 3.8) is 0 Å². The summed E-state index contributed by atoms with van der Waals surface area (Å²) in [6.45, 7) is 5.75. The quantitative estimate of drug-likeness (QED) is 0.335. The number of carbonyl (C=O) groups is 1. The molecule has 164 valence electrons. The fraction of sp³-hybridized carbons (Fsp3) is 0.227. The van der Waals surface area contributed by atoms with Crippen LogP contribution in [0.25, 0.3) is 0 Å². The second-order valence-electron chi connectivity index (χ2n) is 7.55. The third-order valence-corrected chi connectivity index (χ3v) is 5.85. The Bertz CT molecular complexity index is 1250. The number of nitrogens with one attached hydrogen (secondary N) is 2. The summed E-state index contributed by atoms with van der Waals surface area (Å²) in [7, 11) is 0. The number of hydrogen-bond donors (Lipinski definition) is 2. The molecule has 9 nitrogen and oxygen atoms in total. The molecular formula is C22H22N6O3S. The number of benzene rings is 2. The molecule has 0 unspecified atom stereocenters. The molecule has 1 atom stereocenters. The molecule has 2 aromatic carbocycles. The molecule has 0 fully saturated rings. The lowest BCUT2D eigenvalue weighted by molar-refractivity contribution is -0.384. The summed E-state index contributed by atoms with van der Waals surface area (Å²) in [5.74, 6) is 0.232. The molecule has 2 N–H and O–H groups in total. The number of rotatable bonds is 5. The average Bonchev–Trinajstić information content (AvgIpc) is 3.17. The normalized spacial score (nSPS) is 15.2. The summed E-state index contributed by atoms with van der Waals surface area (Å²) >= 11 is 1.39. The van der Waals surface area contributed by atoms with Gasteiger partial charge in [0.2, 0.25) is 11.1 Å². The minimum atomic E-state index is -0.591. The number of hydrogen-bond acceptors (Lipinski definition) is 7. The van der Waals surface area contributed by atoms with E-state index in [1.165, 1.54) is 23.9 Å². The van der Waals surface area contributed by atoms with Crippen molar-refractivity contribution in [1.82, 2.24) is 14.8 Å². The molecule has 10 heteroatoms. The van der Waals surface area contributed by atoms with E-state index in [-0.39, 0.29) is 11.6 Å². The van der Waals surface area contributed by atoms with Crippen LogP contribution in [0.5, 0.6) is 0 Å². The lowest BCUT2D eigenvalue weighted by atomic mass is 9.94. The first kappa shape index (κ1) is 21.6. The Balaban J connectivity index is 1.78. The number of nitrogens with zero attached hydrogens (tertiary/aromatic N) is 4. The van der Waals surface area contributed by atoms with E-state index in [9.17, 15) is 14.9 Å². The second-order valence-corrected chi connectivity index (χ2v) is 8.33. The highest BCUT2D eigenvalue weighted by Gasteiger charge is 2.34. The van der Waals surface area contributed by atoms with E-state index in [1.807, 2.05) is 45.2 Å². The fourth-order valence-corrected chi connectivity index (χ4v) is 4.09. The Labute approximate surface area is 189 Å². The Morgan fingerprint density at radius 1 is 1.19 bits per heavy atom. The van der Waals surface area contributed by atoms with E-state index in [2.05, 4.69) is 20.7 Å². The van der Waals surface area contributed by atoms with Crippen LogP contribution >= 0.6 is 11.8 Å². The lowest BCUT2D eigenvalue weighted by Gasteiger charge is -2.28. The number of aryl methyl sites for hydroxylation is 2. The van der Waals surface area contributed by atoms with Crippen LogP contribution in [-0.4, -0.2) is 31.9 Å². The van der Waals surface area contributed by atoms with Crippen molar-refractivity contribution in [1.29, 1.82) is 0 Å². The Morgan fingerprint density at radius 3 is 2.53 bits per heavy atom. The minimum absolute atomic E-state index is 0.0201. The van der Waals surface area contributed by atoms with Crippen LogP contribution in [0, 0.1) is 24.0 Å². The largest absolute Gasteiger partial charge is 0.328 e.